The standard InChI is InChI=1S/C13H20N2O2.ClH/c1-4-17-11-7-5-10(6-8-11)12(16)15-9-13(2,3)14;/h5-8H,4,9,14H2,1-3H3,(H,15,16);1H. The van der Waals surface area contributed by atoms with Gasteiger partial charge in [0, 0.05) is 17.6 Å². The summed E-state index contributed by atoms with van der Waals surface area (Å²) in [5.74, 6) is 0.648. The fourth-order valence-corrected chi connectivity index (χ4v) is 1.28. The zero-order valence-corrected chi connectivity index (χ0v) is 11.8. The van der Waals surface area contributed by atoms with Gasteiger partial charge in [0.05, 0.1) is 6.61 Å². The van der Waals surface area contributed by atoms with Crippen molar-refractivity contribution in [2.45, 2.75) is 26.3 Å². The Bertz CT molecular complexity index is 372. The SMILES string of the molecule is CCOc1ccc(C(=O)NCC(C)(C)N)cc1.Cl. The van der Waals surface area contributed by atoms with Crippen molar-refractivity contribution < 1.29 is 9.53 Å². The third kappa shape index (κ3) is 5.89. The summed E-state index contributed by atoms with van der Waals surface area (Å²) < 4.78 is 5.30. The summed E-state index contributed by atoms with van der Waals surface area (Å²) in [6, 6.07) is 7.05. The van der Waals surface area contributed by atoms with E-state index < -0.39 is 5.54 Å². The lowest BCUT2D eigenvalue weighted by Gasteiger charge is -2.18. The molecule has 5 heteroatoms. The van der Waals surface area contributed by atoms with Crippen LogP contribution in [0, 0.1) is 0 Å². The first kappa shape index (κ1) is 16.7. The average molecular weight is 273 g/mol. The third-order valence-electron chi connectivity index (χ3n) is 2.13. The highest BCUT2D eigenvalue weighted by atomic mass is 35.5. The van der Waals surface area contributed by atoms with E-state index in [1.54, 1.807) is 24.3 Å². The molecule has 0 spiro atoms. The van der Waals surface area contributed by atoms with Crippen LogP contribution in [0.15, 0.2) is 24.3 Å². The van der Waals surface area contributed by atoms with Crippen molar-refractivity contribution in [2.24, 2.45) is 5.73 Å². The van der Waals surface area contributed by atoms with Gasteiger partial charge in [0.15, 0.2) is 0 Å². The van der Waals surface area contributed by atoms with Gasteiger partial charge in [-0.05, 0) is 45.0 Å². The lowest BCUT2D eigenvalue weighted by molar-refractivity contribution is 0.0946. The molecule has 0 aliphatic carbocycles. The number of amides is 1. The molecule has 3 N–H and O–H groups in total. The number of hydrogen-bond acceptors (Lipinski definition) is 3. The Kier molecular flexibility index (Phi) is 6.73. The first-order chi connectivity index (χ1) is 7.92. The second kappa shape index (κ2) is 7.24. The molecule has 0 fully saturated rings. The third-order valence-corrected chi connectivity index (χ3v) is 2.13. The summed E-state index contributed by atoms with van der Waals surface area (Å²) in [7, 11) is 0. The van der Waals surface area contributed by atoms with Crippen LogP contribution in [-0.2, 0) is 0 Å². The summed E-state index contributed by atoms with van der Waals surface area (Å²) in [6.07, 6.45) is 0. The second-order valence-electron chi connectivity index (χ2n) is 4.63. The van der Waals surface area contributed by atoms with E-state index in [-0.39, 0.29) is 18.3 Å². The Morgan fingerprint density at radius 3 is 2.33 bits per heavy atom. The first-order valence-corrected chi connectivity index (χ1v) is 5.72. The number of carbonyl (C=O) groups excluding carboxylic acids is 1. The Morgan fingerprint density at radius 1 is 1.33 bits per heavy atom. The molecule has 0 unspecified atom stereocenters. The molecule has 1 amide bonds. The van der Waals surface area contributed by atoms with E-state index in [1.807, 2.05) is 20.8 Å². The van der Waals surface area contributed by atoms with Crippen LogP contribution >= 0.6 is 12.4 Å². The molecule has 4 nitrogen and oxygen atoms in total. The minimum atomic E-state index is -0.402. The Hall–Kier alpha value is -1.26. The molecular formula is C13H21ClN2O2. The number of benzene rings is 1. The molecule has 0 aliphatic rings. The summed E-state index contributed by atoms with van der Waals surface area (Å²) in [4.78, 5) is 11.8. The fraction of sp³-hybridized carbons (Fsp3) is 0.462. The second-order valence-corrected chi connectivity index (χ2v) is 4.63. The number of nitrogens with two attached hydrogens (primary N) is 1. The van der Waals surface area contributed by atoms with Gasteiger partial charge in [-0.3, -0.25) is 4.79 Å². The number of rotatable bonds is 5. The molecule has 0 saturated carbocycles. The van der Waals surface area contributed by atoms with Crippen molar-refractivity contribution in [3.8, 4) is 5.75 Å². The highest BCUT2D eigenvalue weighted by molar-refractivity contribution is 5.94. The minimum absolute atomic E-state index is 0. The minimum Gasteiger partial charge on any atom is -0.494 e. The van der Waals surface area contributed by atoms with Gasteiger partial charge >= 0.3 is 0 Å². The maximum Gasteiger partial charge on any atom is 0.251 e. The summed E-state index contributed by atoms with van der Waals surface area (Å²) in [5.41, 5.74) is 6.00. The molecule has 0 bridgehead atoms. The fourth-order valence-electron chi connectivity index (χ4n) is 1.28. The molecular weight excluding hydrogens is 252 g/mol. The zero-order valence-electron chi connectivity index (χ0n) is 11.0. The Morgan fingerprint density at radius 2 is 1.89 bits per heavy atom. The van der Waals surface area contributed by atoms with Crippen LogP contribution in [0.3, 0.4) is 0 Å². The van der Waals surface area contributed by atoms with E-state index in [1.165, 1.54) is 0 Å². The maximum atomic E-state index is 11.8. The Labute approximate surface area is 114 Å². The van der Waals surface area contributed by atoms with Crippen molar-refractivity contribution >= 4 is 18.3 Å². The lowest BCUT2D eigenvalue weighted by atomic mass is 10.1. The van der Waals surface area contributed by atoms with Crippen LogP contribution in [0.2, 0.25) is 0 Å². The van der Waals surface area contributed by atoms with Crippen molar-refractivity contribution in [2.75, 3.05) is 13.2 Å². The Balaban J connectivity index is 0.00000289. The highest BCUT2D eigenvalue weighted by Gasteiger charge is 2.13. The topological polar surface area (TPSA) is 64.3 Å². The number of hydrogen-bond donors (Lipinski definition) is 2. The molecule has 0 heterocycles. The van der Waals surface area contributed by atoms with Gasteiger partial charge in [-0.2, -0.15) is 0 Å². The molecule has 0 aromatic heterocycles. The number of halogens is 1. The van der Waals surface area contributed by atoms with Gasteiger partial charge in [-0.25, -0.2) is 0 Å². The van der Waals surface area contributed by atoms with E-state index in [2.05, 4.69) is 5.32 Å². The summed E-state index contributed by atoms with van der Waals surface area (Å²) in [5, 5.41) is 2.79. The van der Waals surface area contributed by atoms with Gasteiger partial charge in [0.1, 0.15) is 5.75 Å². The molecule has 18 heavy (non-hydrogen) atoms. The zero-order chi connectivity index (χ0) is 12.9. The van der Waals surface area contributed by atoms with Gasteiger partial charge in [-0.15, -0.1) is 12.4 Å². The van der Waals surface area contributed by atoms with Crippen LogP contribution in [0.4, 0.5) is 0 Å². The van der Waals surface area contributed by atoms with Crippen LogP contribution in [0.5, 0.6) is 5.75 Å². The van der Waals surface area contributed by atoms with E-state index >= 15 is 0 Å². The van der Waals surface area contributed by atoms with Crippen molar-refractivity contribution in [3.63, 3.8) is 0 Å². The van der Waals surface area contributed by atoms with Crippen LogP contribution < -0.4 is 15.8 Å². The largest absolute Gasteiger partial charge is 0.494 e. The molecule has 0 aliphatic heterocycles. The van der Waals surface area contributed by atoms with E-state index in [4.69, 9.17) is 10.5 Å². The van der Waals surface area contributed by atoms with E-state index in [0.717, 1.165) is 5.75 Å². The average Bonchev–Trinajstić information content (AvgIpc) is 2.26. The quantitative estimate of drug-likeness (QED) is 0.861. The predicted molar refractivity (Wildman–Crippen MR) is 75.5 cm³/mol. The van der Waals surface area contributed by atoms with Gasteiger partial charge in [0.25, 0.3) is 5.91 Å². The molecule has 1 aromatic rings. The van der Waals surface area contributed by atoms with Crippen LogP contribution in [-0.4, -0.2) is 24.6 Å². The van der Waals surface area contributed by atoms with Crippen molar-refractivity contribution in [1.82, 2.24) is 5.32 Å². The van der Waals surface area contributed by atoms with Crippen molar-refractivity contribution in [1.29, 1.82) is 0 Å². The van der Waals surface area contributed by atoms with Crippen LogP contribution in [0.1, 0.15) is 31.1 Å². The lowest BCUT2D eigenvalue weighted by Crippen LogP contribution is -2.45. The summed E-state index contributed by atoms with van der Waals surface area (Å²) in [6.45, 7) is 6.72. The first-order valence-electron chi connectivity index (χ1n) is 5.72. The van der Waals surface area contributed by atoms with Gasteiger partial charge in [-0.1, -0.05) is 0 Å². The van der Waals surface area contributed by atoms with E-state index in [9.17, 15) is 4.79 Å². The molecule has 0 atom stereocenters. The molecule has 0 radical (unpaired) electrons. The highest BCUT2D eigenvalue weighted by Crippen LogP contribution is 2.12. The number of nitrogens with one attached hydrogen (secondary N) is 1. The molecule has 1 rings (SSSR count). The van der Waals surface area contributed by atoms with Gasteiger partial charge < -0.3 is 15.8 Å². The maximum absolute atomic E-state index is 11.8. The smallest absolute Gasteiger partial charge is 0.251 e. The normalized spacial score (nSPS) is 10.4. The van der Waals surface area contributed by atoms with E-state index in [0.29, 0.717) is 18.7 Å². The van der Waals surface area contributed by atoms with Gasteiger partial charge in [0.2, 0.25) is 0 Å². The summed E-state index contributed by atoms with van der Waals surface area (Å²) >= 11 is 0. The molecule has 102 valence electrons. The van der Waals surface area contributed by atoms with Crippen molar-refractivity contribution in [3.05, 3.63) is 29.8 Å². The molecule has 1 aromatic carbocycles. The van der Waals surface area contributed by atoms with Crippen LogP contribution in [0.25, 0.3) is 0 Å². The monoisotopic (exact) mass is 272 g/mol. The number of ether oxygens (including phenoxy) is 1. The number of carbonyl (C=O) groups is 1. The molecule has 0 saturated heterocycles. The predicted octanol–water partition coefficient (Wildman–Crippen LogP) is 1.97.